The van der Waals surface area contributed by atoms with Crippen LogP contribution in [0.1, 0.15) is 72.2 Å². The molecule has 222 valence electrons. The summed E-state index contributed by atoms with van der Waals surface area (Å²) >= 11 is 0. The number of phenolic OH excluding ortho intramolecular Hbond substituents is 1. The van der Waals surface area contributed by atoms with Gasteiger partial charge in [0.05, 0.1) is 0 Å². The fraction of sp³-hybridized carbons (Fsp3) is 0.382. The Morgan fingerprint density at radius 1 is 1.00 bits per heavy atom. The van der Waals surface area contributed by atoms with Gasteiger partial charge in [-0.25, -0.2) is 4.79 Å². The van der Waals surface area contributed by atoms with Gasteiger partial charge in [-0.05, 0) is 78.6 Å². The number of phenols is 1. The zero-order valence-electron chi connectivity index (χ0n) is 25.3. The number of nitrogens with zero attached hydrogens (tertiary/aromatic N) is 1. The van der Waals surface area contributed by atoms with Crippen LogP contribution in [0, 0.1) is 26.2 Å². The van der Waals surface area contributed by atoms with Crippen molar-refractivity contribution in [1.82, 2.24) is 10.2 Å². The lowest BCUT2D eigenvalue weighted by molar-refractivity contribution is -0.147. The van der Waals surface area contributed by atoms with E-state index in [1.807, 2.05) is 83.1 Å². The number of carbonyl (C=O) groups excluding carboxylic acids is 3. The number of hydrogen-bond acceptors (Lipinski definition) is 5. The number of fused-ring (bicyclic) bond motifs is 1. The molecule has 3 aromatic rings. The average molecular weight is 572 g/mol. The summed E-state index contributed by atoms with van der Waals surface area (Å²) in [6, 6.07) is 16.1. The quantitative estimate of drug-likeness (QED) is 0.277. The summed E-state index contributed by atoms with van der Waals surface area (Å²) in [5.41, 5.74) is 5.48. The van der Waals surface area contributed by atoms with Crippen LogP contribution in [0.2, 0.25) is 0 Å². The van der Waals surface area contributed by atoms with Gasteiger partial charge in [0.2, 0.25) is 5.91 Å². The number of aromatic hydroxyl groups is 1. The van der Waals surface area contributed by atoms with Crippen LogP contribution in [-0.4, -0.2) is 34.5 Å². The van der Waals surface area contributed by atoms with Gasteiger partial charge in [0.1, 0.15) is 18.4 Å². The lowest BCUT2D eigenvalue weighted by Crippen LogP contribution is -2.49. The maximum Gasteiger partial charge on any atom is 0.407 e. The van der Waals surface area contributed by atoms with Gasteiger partial charge in [0.15, 0.2) is 0 Å². The van der Waals surface area contributed by atoms with E-state index in [9.17, 15) is 19.5 Å². The fourth-order valence-corrected chi connectivity index (χ4v) is 5.16. The highest BCUT2D eigenvalue weighted by Gasteiger charge is 2.41. The van der Waals surface area contributed by atoms with E-state index >= 15 is 0 Å². The molecule has 8 nitrogen and oxygen atoms in total. The van der Waals surface area contributed by atoms with Crippen LogP contribution >= 0.6 is 0 Å². The number of aryl methyl sites for hydroxylation is 1. The number of hydrogen-bond donors (Lipinski definition) is 3. The first-order valence-electron chi connectivity index (χ1n) is 14.4. The second-order valence-corrected chi connectivity index (χ2v) is 11.7. The highest BCUT2D eigenvalue weighted by Crippen LogP contribution is 2.37. The first-order chi connectivity index (χ1) is 19.9. The number of rotatable bonds is 8. The van der Waals surface area contributed by atoms with E-state index < -0.39 is 17.6 Å². The van der Waals surface area contributed by atoms with Gasteiger partial charge >= 0.3 is 6.09 Å². The molecule has 1 heterocycles. The molecule has 0 saturated carbocycles. The molecule has 42 heavy (non-hydrogen) atoms. The molecule has 0 saturated heterocycles. The molecule has 3 N–H and O–H groups in total. The number of alkyl carbamates (subject to hydrolysis) is 1. The van der Waals surface area contributed by atoms with Crippen molar-refractivity contribution in [3.63, 3.8) is 0 Å². The molecule has 1 unspecified atom stereocenters. The van der Waals surface area contributed by atoms with Crippen LogP contribution in [0.25, 0.3) is 0 Å². The standard InChI is InChI=1S/C34H41N3O5/c1-7-34(5,6)32(40)37-16-15-26-14-13-25(19-35-33(41)42-20-24-11-9-8-10-12-24)18-27(26)29(37)31(39)36-28-17-21(2)30(38)23(4)22(28)3/h8-14,17-18,29,38H,7,15-16,19-20H2,1-6H3,(H,35,41)(H,36,39). The highest BCUT2D eigenvalue weighted by molar-refractivity contribution is 6.00. The van der Waals surface area contributed by atoms with Crippen molar-refractivity contribution in [2.75, 3.05) is 11.9 Å². The molecule has 0 spiro atoms. The summed E-state index contributed by atoms with van der Waals surface area (Å²) in [6.45, 7) is 12.0. The van der Waals surface area contributed by atoms with Crippen molar-refractivity contribution < 1.29 is 24.2 Å². The fourth-order valence-electron chi connectivity index (χ4n) is 5.16. The van der Waals surface area contributed by atoms with Gasteiger partial charge in [0.25, 0.3) is 5.91 Å². The second kappa shape index (κ2) is 12.7. The van der Waals surface area contributed by atoms with Crippen molar-refractivity contribution in [1.29, 1.82) is 0 Å². The molecule has 0 aliphatic carbocycles. The van der Waals surface area contributed by atoms with Crippen molar-refractivity contribution in [3.05, 3.63) is 93.5 Å². The zero-order valence-corrected chi connectivity index (χ0v) is 25.3. The largest absolute Gasteiger partial charge is 0.507 e. The number of benzene rings is 3. The third-order valence-electron chi connectivity index (χ3n) is 8.37. The summed E-state index contributed by atoms with van der Waals surface area (Å²) in [6.07, 6.45) is 0.711. The molecule has 0 fully saturated rings. The second-order valence-electron chi connectivity index (χ2n) is 11.7. The van der Waals surface area contributed by atoms with Crippen molar-refractivity contribution in [2.45, 2.75) is 73.6 Å². The average Bonchev–Trinajstić information content (AvgIpc) is 2.99. The normalized spacial score (nSPS) is 14.6. The number of ether oxygens (including phenoxy) is 1. The van der Waals surface area contributed by atoms with Crippen molar-refractivity contribution in [3.8, 4) is 5.75 Å². The van der Waals surface area contributed by atoms with Crippen LogP contribution in [-0.2, 0) is 33.9 Å². The lowest BCUT2D eigenvalue weighted by Gasteiger charge is -2.40. The summed E-state index contributed by atoms with van der Waals surface area (Å²) in [5, 5.41) is 16.2. The molecule has 0 aromatic heterocycles. The van der Waals surface area contributed by atoms with E-state index in [-0.39, 0.29) is 30.7 Å². The third kappa shape index (κ3) is 6.59. The first kappa shape index (κ1) is 30.6. The summed E-state index contributed by atoms with van der Waals surface area (Å²) in [7, 11) is 0. The number of nitrogens with one attached hydrogen (secondary N) is 2. The van der Waals surface area contributed by atoms with Crippen LogP contribution < -0.4 is 10.6 Å². The van der Waals surface area contributed by atoms with Gasteiger partial charge in [-0.2, -0.15) is 0 Å². The number of amides is 3. The molecule has 0 bridgehead atoms. The predicted molar refractivity (Wildman–Crippen MR) is 163 cm³/mol. The minimum Gasteiger partial charge on any atom is -0.507 e. The van der Waals surface area contributed by atoms with E-state index in [2.05, 4.69) is 10.6 Å². The summed E-state index contributed by atoms with van der Waals surface area (Å²) < 4.78 is 5.34. The zero-order chi connectivity index (χ0) is 30.6. The monoisotopic (exact) mass is 571 g/mol. The van der Waals surface area contributed by atoms with Crippen LogP contribution in [0.3, 0.4) is 0 Å². The molecule has 3 amide bonds. The minimum atomic E-state index is -0.856. The van der Waals surface area contributed by atoms with Crippen LogP contribution in [0.4, 0.5) is 10.5 Å². The minimum absolute atomic E-state index is 0.0846. The van der Waals surface area contributed by atoms with Gasteiger partial charge < -0.3 is 25.4 Å². The Morgan fingerprint density at radius 3 is 2.40 bits per heavy atom. The molecule has 8 heteroatoms. The maximum absolute atomic E-state index is 14.1. The van der Waals surface area contributed by atoms with Gasteiger partial charge in [0, 0.05) is 24.2 Å². The number of anilines is 1. The van der Waals surface area contributed by atoms with Gasteiger partial charge in [-0.3, -0.25) is 9.59 Å². The topological polar surface area (TPSA) is 108 Å². The molecule has 1 aliphatic heterocycles. The first-order valence-corrected chi connectivity index (χ1v) is 14.4. The van der Waals surface area contributed by atoms with E-state index in [1.54, 1.807) is 17.9 Å². The van der Waals surface area contributed by atoms with Crippen LogP contribution in [0.15, 0.2) is 54.6 Å². The Bertz CT molecular complexity index is 1480. The van der Waals surface area contributed by atoms with E-state index in [0.29, 0.717) is 36.2 Å². The smallest absolute Gasteiger partial charge is 0.407 e. The molecule has 3 aromatic carbocycles. The van der Waals surface area contributed by atoms with Gasteiger partial charge in [-0.1, -0.05) is 69.3 Å². The summed E-state index contributed by atoms with van der Waals surface area (Å²) in [4.78, 5) is 41.9. The molecule has 4 rings (SSSR count). The Labute approximate surface area is 248 Å². The Balaban J connectivity index is 1.61. The Hall–Kier alpha value is -4.33. The van der Waals surface area contributed by atoms with Gasteiger partial charge in [-0.15, -0.1) is 0 Å². The molecular weight excluding hydrogens is 530 g/mol. The van der Waals surface area contributed by atoms with E-state index in [0.717, 1.165) is 27.8 Å². The maximum atomic E-state index is 14.1. The predicted octanol–water partition coefficient (Wildman–Crippen LogP) is 6.24. The molecule has 1 aliphatic rings. The Morgan fingerprint density at radius 2 is 1.71 bits per heavy atom. The van der Waals surface area contributed by atoms with E-state index in [1.165, 1.54) is 0 Å². The van der Waals surface area contributed by atoms with Crippen molar-refractivity contribution >= 4 is 23.6 Å². The van der Waals surface area contributed by atoms with Crippen molar-refractivity contribution in [2.24, 2.45) is 5.41 Å². The molecule has 1 atom stereocenters. The summed E-state index contributed by atoms with van der Waals surface area (Å²) in [5.74, 6) is -0.204. The third-order valence-corrected chi connectivity index (χ3v) is 8.37. The van der Waals surface area contributed by atoms with E-state index in [4.69, 9.17) is 4.74 Å². The lowest BCUT2D eigenvalue weighted by atomic mass is 9.84. The SMILES string of the molecule is CCC(C)(C)C(=O)N1CCc2ccc(CNC(=O)OCc3ccccc3)cc2C1C(=O)Nc1cc(C)c(O)c(C)c1C. The molecule has 0 radical (unpaired) electrons. The Kier molecular flexibility index (Phi) is 9.24. The highest BCUT2D eigenvalue weighted by atomic mass is 16.5. The molecular formula is C34H41N3O5. The van der Waals surface area contributed by atoms with Crippen LogP contribution in [0.5, 0.6) is 5.75 Å². The number of carbonyl (C=O) groups is 3.